The lowest BCUT2D eigenvalue weighted by Crippen LogP contribution is -2.50. The Bertz CT molecular complexity index is 255. The first-order chi connectivity index (χ1) is 7.25. The molecule has 94 valence electrons. The van der Waals surface area contributed by atoms with E-state index in [1.165, 1.54) is 0 Å². The number of amides is 1. The van der Waals surface area contributed by atoms with Crippen molar-refractivity contribution in [1.82, 2.24) is 4.90 Å². The van der Waals surface area contributed by atoms with Crippen molar-refractivity contribution in [3.63, 3.8) is 0 Å². The molecule has 0 unspecified atom stereocenters. The SMILES string of the molecule is CC(C)C(=O)N1CC[C@@H](C(C)C)C(C)(C)C1. The molecule has 0 aromatic carbocycles. The number of carbonyl (C=O) groups excluding carboxylic acids is 1. The highest BCUT2D eigenvalue weighted by Gasteiger charge is 2.38. The quantitative estimate of drug-likeness (QED) is 0.707. The molecule has 1 aliphatic rings. The predicted octanol–water partition coefficient (Wildman–Crippen LogP) is 3.17. The molecule has 1 amide bonds. The van der Waals surface area contributed by atoms with E-state index in [0.29, 0.717) is 11.8 Å². The maximum Gasteiger partial charge on any atom is 0.225 e. The van der Waals surface area contributed by atoms with Gasteiger partial charge >= 0.3 is 0 Å². The zero-order valence-electron chi connectivity index (χ0n) is 11.7. The fourth-order valence-corrected chi connectivity index (χ4v) is 3.16. The number of nitrogens with zero attached hydrogens (tertiary/aromatic N) is 1. The Morgan fingerprint density at radius 3 is 2.19 bits per heavy atom. The smallest absolute Gasteiger partial charge is 0.225 e. The summed E-state index contributed by atoms with van der Waals surface area (Å²) >= 11 is 0. The molecule has 0 N–H and O–H groups in total. The summed E-state index contributed by atoms with van der Waals surface area (Å²) in [5.41, 5.74) is 0.261. The molecule has 1 heterocycles. The molecule has 0 aromatic heterocycles. The lowest BCUT2D eigenvalue weighted by atomic mass is 9.68. The summed E-state index contributed by atoms with van der Waals surface area (Å²) in [6.45, 7) is 15.1. The molecule has 1 aliphatic heterocycles. The summed E-state index contributed by atoms with van der Waals surface area (Å²) in [6.07, 6.45) is 1.16. The van der Waals surface area contributed by atoms with Gasteiger partial charge in [-0.15, -0.1) is 0 Å². The summed E-state index contributed by atoms with van der Waals surface area (Å²) < 4.78 is 0. The Kier molecular flexibility index (Phi) is 4.03. The van der Waals surface area contributed by atoms with Gasteiger partial charge in [0.1, 0.15) is 0 Å². The second-order valence-electron chi connectivity index (χ2n) is 6.54. The minimum atomic E-state index is 0.131. The molecule has 2 nitrogen and oxygen atoms in total. The third kappa shape index (κ3) is 2.78. The van der Waals surface area contributed by atoms with Gasteiger partial charge in [-0.2, -0.15) is 0 Å². The zero-order valence-corrected chi connectivity index (χ0v) is 11.7. The van der Waals surface area contributed by atoms with E-state index in [4.69, 9.17) is 0 Å². The van der Waals surface area contributed by atoms with E-state index in [1.807, 2.05) is 13.8 Å². The van der Waals surface area contributed by atoms with Gasteiger partial charge in [0.25, 0.3) is 0 Å². The number of hydrogen-bond acceptors (Lipinski definition) is 1. The van der Waals surface area contributed by atoms with Crippen LogP contribution in [0, 0.1) is 23.2 Å². The third-order valence-electron chi connectivity index (χ3n) is 3.92. The van der Waals surface area contributed by atoms with E-state index in [2.05, 4.69) is 32.6 Å². The van der Waals surface area contributed by atoms with Gasteiger partial charge in [0.15, 0.2) is 0 Å². The van der Waals surface area contributed by atoms with Crippen molar-refractivity contribution in [2.24, 2.45) is 23.2 Å². The molecule has 1 fully saturated rings. The van der Waals surface area contributed by atoms with E-state index in [0.717, 1.165) is 25.4 Å². The summed E-state index contributed by atoms with van der Waals surface area (Å²) in [7, 11) is 0. The van der Waals surface area contributed by atoms with E-state index < -0.39 is 0 Å². The van der Waals surface area contributed by atoms with Gasteiger partial charge in [-0.25, -0.2) is 0 Å². The first kappa shape index (κ1) is 13.5. The largest absolute Gasteiger partial charge is 0.342 e. The Balaban J connectivity index is 2.71. The summed E-state index contributed by atoms with van der Waals surface area (Å²) in [4.78, 5) is 14.0. The normalized spacial score (nSPS) is 25.2. The maximum absolute atomic E-state index is 12.0. The van der Waals surface area contributed by atoms with Crippen molar-refractivity contribution in [1.29, 1.82) is 0 Å². The van der Waals surface area contributed by atoms with Gasteiger partial charge in [0, 0.05) is 19.0 Å². The van der Waals surface area contributed by atoms with Crippen LogP contribution in [0.4, 0.5) is 0 Å². The van der Waals surface area contributed by atoms with Crippen LogP contribution in [0.5, 0.6) is 0 Å². The van der Waals surface area contributed by atoms with Crippen LogP contribution in [0.1, 0.15) is 48.0 Å². The van der Waals surface area contributed by atoms with Crippen LogP contribution in [0.2, 0.25) is 0 Å². The third-order valence-corrected chi connectivity index (χ3v) is 3.92. The summed E-state index contributed by atoms with van der Waals surface area (Å²) in [6, 6.07) is 0. The van der Waals surface area contributed by atoms with Crippen LogP contribution in [0.25, 0.3) is 0 Å². The Morgan fingerprint density at radius 2 is 1.81 bits per heavy atom. The molecule has 1 rings (SSSR count). The van der Waals surface area contributed by atoms with Crippen molar-refractivity contribution in [2.45, 2.75) is 48.0 Å². The molecule has 0 spiro atoms. The molecule has 1 atom stereocenters. The van der Waals surface area contributed by atoms with Crippen LogP contribution in [0.15, 0.2) is 0 Å². The number of likely N-dealkylation sites (tertiary alicyclic amines) is 1. The maximum atomic E-state index is 12.0. The van der Waals surface area contributed by atoms with Gasteiger partial charge in [0.2, 0.25) is 5.91 Å². The van der Waals surface area contributed by atoms with Crippen molar-refractivity contribution in [3.8, 4) is 0 Å². The fourth-order valence-electron chi connectivity index (χ4n) is 3.16. The topological polar surface area (TPSA) is 20.3 Å². The van der Waals surface area contributed by atoms with Gasteiger partial charge < -0.3 is 4.90 Å². The van der Waals surface area contributed by atoms with Crippen LogP contribution in [-0.2, 0) is 4.79 Å². The van der Waals surface area contributed by atoms with Gasteiger partial charge in [-0.05, 0) is 23.7 Å². The number of hydrogen-bond donors (Lipinski definition) is 0. The Morgan fingerprint density at radius 1 is 1.25 bits per heavy atom. The van der Waals surface area contributed by atoms with Crippen molar-refractivity contribution in [3.05, 3.63) is 0 Å². The lowest BCUT2D eigenvalue weighted by molar-refractivity contribution is -0.139. The first-order valence-corrected chi connectivity index (χ1v) is 6.54. The molecule has 0 radical (unpaired) electrons. The zero-order chi connectivity index (χ0) is 12.5. The number of carbonyl (C=O) groups is 1. The lowest BCUT2D eigenvalue weighted by Gasteiger charge is -2.46. The van der Waals surface area contributed by atoms with Gasteiger partial charge in [-0.3, -0.25) is 4.79 Å². The molecule has 0 bridgehead atoms. The summed E-state index contributed by atoms with van der Waals surface area (Å²) in [5.74, 6) is 1.90. The first-order valence-electron chi connectivity index (χ1n) is 6.54. The molecular formula is C14H27NO. The van der Waals surface area contributed by atoms with Gasteiger partial charge in [0.05, 0.1) is 0 Å². The average molecular weight is 225 g/mol. The minimum Gasteiger partial charge on any atom is -0.342 e. The highest BCUT2D eigenvalue weighted by Crippen LogP contribution is 2.39. The van der Waals surface area contributed by atoms with Crippen molar-refractivity contribution >= 4 is 5.91 Å². The second kappa shape index (κ2) is 4.77. The highest BCUT2D eigenvalue weighted by atomic mass is 16.2. The summed E-state index contributed by atoms with van der Waals surface area (Å²) in [5, 5.41) is 0. The Hall–Kier alpha value is -0.530. The minimum absolute atomic E-state index is 0.131. The van der Waals surface area contributed by atoms with E-state index in [1.54, 1.807) is 0 Å². The van der Waals surface area contributed by atoms with E-state index >= 15 is 0 Å². The molecule has 0 saturated carbocycles. The van der Waals surface area contributed by atoms with Crippen LogP contribution >= 0.6 is 0 Å². The number of rotatable bonds is 2. The highest BCUT2D eigenvalue weighted by molar-refractivity contribution is 5.78. The molecule has 16 heavy (non-hydrogen) atoms. The average Bonchev–Trinajstić information content (AvgIpc) is 2.13. The van der Waals surface area contributed by atoms with E-state index in [9.17, 15) is 4.79 Å². The van der Waals surface area contributed by atoms with Crippen LogP contribution < -0.4 is 0 Å². The van der Waals surface area contributed by atoms with E-state index in [-0.39, 0.29) is 11.3 Å². The Labute approximate surface area is 100 Å². The van der Waals surface area contributed by atoms with Crippen molar-refractivity contribution in [2.75, 3.05) is 13.1 Å². The second-order valence-corrected chi connectivity index (χ2v) is 6.54. The van der Waals surface area contributed by atoms with Crippen LogP contribution in [0.3, 0.4) is 0 Å². The standard InChI is InChI=1S/C14H27NO/c1-10(2)12-7-8-15(9-14(12,5)6)13(16)11(3)4/h10-12H,7-9H2,1-6H3/t12-/m0/s1. The van der Waals surface area contributed by atoms with Crippen LogP contribution in [-0.4, -0.2) is 23.9 Å². The molecule has 0 aromatic rings. The van der Waals surface area contributed by atoms with Gasteiger partial charge in [-0.1, -0.05) is 41.5 Å². The molecular weight excluding hydrogens is 198 g/mol. The molecule has 1 saturated heterocycles. The monoisotopic (exact) mass is 225 g/mol. The molecule has 0 aliphatic carbocycles. The number of piperidine rings is 1. The molecule has 2 heteroatoms. The van der Waals surface area contributed by atoms with Crippen molar-refractivity contribution < 1.29 is 4.79 Å². The fraction of sp³-hybridized carbons (Fsp3) is 0.929. The predicted molar refractivity (Wildman–Crippen MR) is 68.1 cm³/mol.